The third-order valence-electron chi connectivity index (χ3n) is 5.23. The lowest BCUT2D eigenvalue weighted by Gasteiger charge is -2.44. The first-order valence-corrected chi connectivity index (χ1v) is 9.45. The van der Waals surface area contributed by atoms with Crippen molar-refractivity contribution in [3.05, 3.63) is 46.8 Å². The van der Waals surface area contributed by atoms with E-state index in [0.717, 1.165) is 30.1 Å². The normalized spacial score (nSPS) is 24.9. The molecule has 5 rings (SSSR count). The molecule has 0 saturated carbocycles. The van der Waals surface area contributed by atoms with Crippen LogP contribution in [0.2, 0.25) is 0 Å². The number of hydrogen-bond donors (Lipinski definition) is 2. The zero-order chi connectivity index (χ0) is 17.4. The van der Waals surface area contributed by atoms with Gasteiger partial charge in [0.25, 0.3) is 5.91 Å². The second-order valence-electron chi connectivity index (χ2n) is 6.83. The lowest BCUT2D eigenvalue weighted by atomic mass is 9.84. The summed E-state index contributed by atoms with van der Waals surface area (Å²) in [4.78, 5) is 28.1. The van der Waals surface area contributed by atoms with Gasteiger partial charge in [-0.1, -0.05) is 12.1 Å². The van der Waals surface area contributed by atoms with Gasteiger partial charge in [-0.25, -0.2) is 0 Å². The number of hydrogen-bond acceptors (Lipinski definition) is 4. The maximum Gasteiger partial charge on any atom is 0.261 e. The number of thiophene rings is 1. The summed E-state index contributed by atoms with van der Waals surface area (Å²) in [7, 11) is 0. The minimum Gasteiger partial charge on any atom is -0.366 e. The molecule has 1 aromatic heterocycles. The topological polar surface area (TPSA) is 75.4 Å². The van der Waals surface area contributed by atoms with Gasteiger partial charge in [0.1, 0.15) is 0 Å². The van der Waals surface area contributed by atoms with Gasteiger partial charge in [0.2, 0.25) is 5.91 Å². The summed E-state index contributed by atoms with van der Waals surface area (Å²) in [5.41, 5.74) is 6.73. The highest BCUT2D eigenvalue weighted by Gasteiger charge is 2.35. The van der Waals surface area contributed by atoms with Crippen molar-refractivity contribution >= 4 is 23.2 Å². The predicted molar refractivity (Wildman–Crippen MR) is 98.7 cm³/mol. The van der Waals surface area contributed by atoms with Crippen molar-refractivity contribution in [2.45, 2.75) is 18.9 Å². The fourth-order valence-corrected chi connectivity index (χ4v) is 4.71. The molecule has 3 aliphatic rings. The number of amides is 2. The first kappa shape index (κ1) is 16.3. The Bertz CT molecular complexity index is 809. The molecule has 2 bridgehead atoms. The van der Waals surface area contributed by atoms with E-state index in [1.54, 1.807) is 12.1 Å². The molecule has 2 amide bonds. The molecule has 1 aromatic carbocycles. The van der Waals surface area contributed by atoms with Gasteiger partial charge in [-0.05, 0) is 61.7 Å². The van der Waals surface area contributed by atoms with Crippen LogP contribution in [0.5, 0.6) is 0 Å². The summed E-state index contributed by atoms with van der Waals surface area (Å²) in [5.74, 6) is 0.167. The van der Waals surface area contributed by atoms with Crippen molar-refractivity contribution in [3.8, 4) is 10.4 Å². The maximum absolute atomic E-state index is 12.6. The molecule has 6 heteroatoms. The van der Waals surface area contributed by atoms with Crippen molar-refractivity contribution in [1.29, 1.82) is 0 Å². The monoisotopic (exact) mass is 355 g/mol. The molecular formula is C19H21N3O2S. The van der Waals surface area contributed by atoms with E-state index in [1.165, 1.54) is 24.2 Å². The van der Waals surface area contributed by atoms with Crippen molar-refractivity contribution in [1.82, 2.24) is 10.2 Å². The molecule has 1 unspecified atom stereocenters. The van der Waals surface area contributed by atoms with Crippen molar-refractivity contribution in [3.63, 3.8) is 0 Å². The van der Waals surface area contributed by atoms with Crippen LogP contribution in [0.25, 0.3) is 10.4 Å². The zero-order valence-corrected chi connectivity index (χ0v) is 14.7. The highest BCUT2D eigenvalue weighted by molar-refractivity contribution is 7.17. The molecule has 3 N–H and O–H groups in total. The van der Waals surface area contributed by atoms with Crippen LogP contribution >= 0.6 is 11.3 Å². The van der Waals surface area contributed by atoms with Gasteiger partial charge < -0.3 is 16.0 Å². The van der Waals surface area contributed by atoms with Crippen molar-refractivity contribution < 1.29 is 9.59 Å². The number of nitrogens with zero attached hydrogens (tertiary/aromatic N) is 1. The zero-order valence-electron chi connectivity index (χ0n) is 13.9. The number of carbonyl (C=O) groups is 2. The Morgan fingerprint density at radius 3 is 2.64 bits per heavy atom. The molecule has 0 aliphatic carbocycles. The van der Waals surface area contributed by atoms with E-state index in [0.29, 0.717) is 16.4 Å². The minimum absolute atomic E-state index is 0.000978. The fraction of sp³-hybridized carbons (Fsp3) is 0.368. The van der Waals surface area contributed by atoms with Crippen LogP contribution in [-0.2, 0) is 0 Å². The molecule has 0 radical (unpaired) electrons. The minimum atomic E-state index is -0.446. The van der Waals surface area contributed by atoms with Gasteiger partial charge in [-0.3, -0.25) is 9.59 Å². The Morgan fingerprint density at radius 2 is 1.96 bits per heavy atom. The van der Waals surface area contributed by atoms with Crippen LogP contribution in [-0.4, -0.2) is 42.4 Å². The number of piperidine rings is 3. The van der Waals surface area contributed by atoms with Gasteiger partial charge in [0.15, 0.2) is 0 Å². The molecular weight excluding hydrogens is 334 g/mol. The second kappa shape index (κ2) is 6.61. The first-order chi connectivity index (χ1) is 12.1. The lowest BCUT2D eigenvalue weighted by molar-refractivity contribution is 0.0622. The summed E-state index contributed by atoms with van der Waals surface area (Å²) < 4.78 is 0. The summed E-state index contributed by atoms with van der Waals surface area (Å²) in [6.45, 7) is 3.29. The highest BCUT2D eigenvalue weighted by atomic mass is 32.1. The van der Waals surface area contributed by atoms with E-state index >= 15 is 0 Å². The number of benzene rings is 1. The molecule has 3 aliphatic heterocycles. The summed E-state index contributed by atoms with van der Waals surface area (Å²) >= 11 is 1.45. The maximum atomic E-state index is 12.6. The largest absolute Gasteiger partial charge is 0.366 e. The summed E-state index contributed by atoms with van der Waals surface area (Å²) in [6.07, 6.45) is 2.36. The number of carbonyl (C=O) groups excluding carboxylic acids is 2. The van der Waals surface area contributed by atoms with Gasteiger partial charge in [0.05, 0.1) is 4.88 Å². The molecule has 0 spiro atoms. The summed E-state index contributed by atoms with van der Waals surface area (Å²) in [5, 5.41) is 3.22. The van der Waals surface area contributed by atoms with Crippen LogP contribution in [0.1, 0.15) is 32.9 Å². The molecule has 5 nitrogen and oxygen atoms in total. The van der Waals surface area contributed by atoms with Crippen LogP contribution in [0, 0.1) is 5.92 Å². The number of rotatable bonds is 4. The lowest BCUT2D eigenvalue weighted by Crippen LogP contribution is -2.57. The van der Waals surface area contributed by atoms with Gasteiger partial charge >= 0.3 is 0 Å². The smallest absolute Gasteiger partial charge is 0.261 e. The van der Waals surface area contributed by atoms with E-state index < -0.39 is 5.91 Å². The van der Waals surface area contributed by atoms with Gasteiger partial charge in [0, 0.05) is 23.0 Å². The van der Waals surface area contributed by atoms with E-state index in [-0.39, 0.29) is 11.9 Å². The fourth-order valence-electron chi connectivity index (χ4n) is 3.81. The van der Waals surface area contributed by atoms with Crippen LogP contribution < -0.4 is 11.1 Å². The summed E-state index contributed by atoms with van der Waals surface area (Å²) in [6, 6.07) is 11.2. The molecule has 2 aromatic rings. The molecule has 25 heavy (non-hydrogen) atoms. The van der Waals surface area contributed by atoms with Crippen LogP contribution in [0.4, 0.5) is 0 Å². The number of nitrogens with one attached hydrogen (secondary N) is 1. The molecule has 3 fully saturated rings. The van der Waals surface area contributed by atoms with E-state index in [9.17, 15) is 9.59 Å². The van der Waals surface area contributed by atoms with Gasteiger partial charge in [-0.15, -0.1) is 11.3 Å². The Balaban J connectivity index is 1.48. The Kier molecular flexibility index (Phi) is 4.31. The standard InChI is InChI=1S/C19H21N3O2S/c20-18(23)14-3-1-2-13(10-14)16-4-5-17(25-16)19(24)21-15-11-22-8-6-12(15)7-9-22/h1-5,10,12,15H,6-9,11H2,(H2,20,23)(H,21,24). The van der Waals surface area contributed by atoms with E-state index in [1.807, 2.05) is 24.3 Å². The van der Waals surface area contributed by atoms with Gasteiger partial charge in [-0.2, -0.15) is 0 Å². The Hall–Kier alpha value is -2.18. The van der Waals surface area contributed by atoms with Crippen LogP contribution in [0.15, 0.2) is 36.4 Å². The van der Waals surface area contributed by atoms with Crippen molar-refractivity contribution in [2.24, 2.45) is 11.7 Å². The Morgan fingerprint density at radius 1 is 1.16 bits per heavy atom. The van der Waals surface area contributed by atoms with Crippen molar-refractivity contribution in [2.75, 3.05) is 19.6 Å². The highest BCUT2D eigenvalue weighted by Crippen LogP contribution is 2.30. The predicted octanol–water partition coefficient (Wildman–Crippen LogP) is 2.34. The molecule has 1 atom stereocenters. The Labute approximate surface area is 150 Å². The quantitative estimate of drug-likeness (QED) is 0.884. The first-order valence-electron chi connectivity index (χ1n) is 8.63. The molecule has 3 saturated heterocycles. The molecule has 4 heterocycles. The number of primary amides is 1. The SMILES string of the molecule is NC(=O)c1cccc(-c2ccc(C(=O)NC3CN4CCC3CC4)s2)c1. The number of fused-ring (bicyclic) bond motifs is 3. The molecule has 130 valence electrons. The third-order valence-corrected chi connectivity index (χ3v) is 6.37. The average molecular weight is 355 g/mol. The van der Waals surface area contributed by atoms with E-state index in [2.05, 4.69) is 10.2 Å². The third kappa shape index (κ3) is 3.32. The average Bonchev–Trinajstić information content (AvgIpc) is 3.13. The van der Waals surface area contributed by atoms with E-state index in [4.69, 9.17) is 5.73 Å². The number of nitrogens with two attached hydrogens (primary N) is 1. The van der Waals surface area contributed by atoms with Crippen LogP contribution in [0.3, 0.4) is 0 Å². The second-order valence-corrected chi connectivity index (χ2v) is 7.91.